The standard InChI is InChI=1S/C13H17F2NS/c1-16-13(10-4-5-17-8-10)6-9-2-3-11(14)7-12(9)15/h2-3,7,10,13,16H,4-6,8H2,1H3. The molecule has 0 aromatic heterocycles. The Labute approximate surface area is 105 Å². The summed E-state index contributed by atoms with van der Waals surface area (Å²) in [4.78, 5) is 0. The first-order chi connectivity index (χ1) is 8.20. The van der Waals surface area contributed by atoms with Gasteiger partial charge in [-0.25, -0.2) is 8.78 Å². The summed E-state index contributed by atoms with van der Waals surface area (Å²) < 4.78 is 26.4. The van der Waals surface area contributed by atoms with Gasteiger partial charge in [0, 0.05) is 12.1 Å². The van der Waals surface area contributed by atoms with Crippen molar-refractivity contribution < 1.29 is 8.78 Å². The number of thioether (sulfide) groups is 1. The lowest BCUT2D eigenvalue weighted by Gasteiger charge is -2.22. The molecule has 1 saturated heterocycles. The summed E-state index contributed by atoms with van der Waals surface area (Å²) in [5.74, 6) is 1.97. The van der Waals surface area contributed by atoms with Crippen molar-refractivity contribution >= 4 is 11.8 Å². The molecule has 2 rings (SSSR count). The van der Waals surface area contributed by atoms with Crippen molar-refractivity contribution in [1.29, 1.82) is 0 Å². The summed E-state index contributed by atoms with van der Waals surface area (Å²) in [6.45, 7) is 0. The van der Waals surface area contributed by atoms with Gasteiger partial charge in [-0.1, -0.05) is 6.07 Å². The summed E-state index contributed by atoms with van der Waals surface area (Å²) in [6, 6.07) is 4.13. The minimum absolute atomic E-state index is 0.282. The molecule has 0 radical (unpaired) electrons. The maximum Gasteiger partial charge on any atom is 0.129 e. The van der Waals surface area contributed by atoms with Crippen LogP contribution >= 0.6 is 11.8 Å². The number of rotatable bonds is 4. The van der Waals surface area contributed by atoms with Gasteiger partial charge < -0.3 is 5.32 Å². The predicted molar refractivity (Wildman–Crippen MR) is 68.3 cm³/mol. The van der Waals surface area contributed by atoms with E-state index in [4.69, 9.17) is 0 Å². The molecule has 0 aliphatic carbocycles. The van der Waals surface area contributed by atoms with Crippen LogP contribution in [0.1, 0.15) is 12.0 Å². The molecule has 0 amide bonds. The van der Waals surface area contributed by atoms with E-state index in [0.717, 1.165) is 11.8 Å². The highest BCUT2D eigenvalue weighted by molar-refractivity contribution is 7.99. The fourth-order valence-electron chi connectivity index (χ4n) is 2.30. The SMILES string of the molecule is CNC(Cc1ccc(F)cc1F)C1CCSC1. The predicted octanol–water partition coefficient (Wildman–Crippen LogP) is 2.85. The number of hydrogen-bond acceptors (Lipinski definition) is 2. The molecule has 2 unspecified atom stereocenters. The van der Waals surface area contributed by atoms with Crippen LogP contribution in [-0.2, 0) is 6.42 Å². The molecule has 1 aliphatic heterocycles. The molecule has 1 aromatic rings. The quantitative estimate of drug-likeness (QED) is 0.890. The first-order valence-corrected chi connectivity index (χ1v) is 7.05. The Balaban J connectivity index is 2.06. The first kappa shape index (κ1) is 12.8. The van der Waals surface area contributed by atoms with E-state index in [1.54, 1.807) is 6.07 Å². The van der Waals surface area contributed by atoms with Gasteiger partial charge in [0.2, 0.25) is 0 Å². The van der Waals surface area contributed by atoms with Crippen molar-refractivity contribution in [2.75, 3.05) is 18.6 Å². The van der Waals surface area contributed by atoms with E-state index in [-0.39, 0.29) is 6.04 Å². The highest BCUT2D eigenvalue weighted by Gasteiger charge is 2.25. The van der Waals surface area contributed by atoms with Crippen molar-refractivity contribution in [2.45, 2.75) is 18.9 Å². The van der Waals surface area contributed by atoms with Crippen molar-refractivity contribution in [3.05, 3.63) is 35.4 Å². The molecule has 1 aromatic carbocycles. The van der Waals surface area contributed by atoms with E-state index < -0.39 is 11.6 Å². The van der Waals surface area contributed by atoms with Gasteiger partial charge in [-0.3, -0.25) is 0 Å². The minimum atomic E-state index is -0.510. The van der Waals surface area contributed by atoms with Crippen LogP contribution in [0.3, 0.4) is 0 Å². The van der Waals surface area contributed by atoms with Crippen LogP contribution in [0.15, 0.2) is 18.2 Å². The third-order valence-corrected chi connectivity index (χ3v) is 4.55. The second-order valence-electron chi connectivity index (χ2n) is 4.46. The molecule has 17 heavy (non-hydrogen) atoms. The second kappa shape index (κ2) is 5.83. The zero-order valence-electron chi connectivity index (χ0n) is 9.88. The lowest BCUT2D eigenvalue weighted by molar-refractivity contribution is 0.398. The molecular formula is C13H17F2NS. The number of benzene rings is 1. The van der Waals surface area contributed by atoms with E-state index in [1.807, 2.05) is 18.8 Å². The Morgan fingerprint density at radius 1 is 1.47 bits per heavy atom. The normalized spacial score (nSPS) is 21.7. The number of nitrogens with one attached hydrogen (secondary N) is 1. The highest BCUT2D eigenvalue weighted by atomic mass is 32.2. The molecule has 0 bridgehead atoms. The van der Waals surface area contributed by atoms with Crippen molar-refractivity contribution in [3.8, 4) is 0 Å². The summed E-state index contributed by atoms with van der Waals surface area (Å²) >= 11 is 1.95. The number of halogens is 2. The Kier molecular flexibility index (Phi) is 4.40. The lowest BCUT2D eigenvalue weighted by Crippen LogP contribution is -2.35. The second-order valence-corrected chi connectivity index (χ2v) is 5.61. The van der Waals surface area contributed by atoms with Crippen LogP contribution in [0.4, 0.5) is 8.78 Å². The fraction of sp³-hybridized carbons (Fsp3) is 0.538. The van der Waals surface area contributed by atoms with E-state index in [1.165, 1.54) is 18.2 Å². The highest BCUT2D eigenvalue weighted by Crippen LogP contribution is 2.28. The van der Waals surface area contributed by atoms with E-state index in [9.17, 15) is 8.78 Å². The summed E-state index contributed by atoms with van der Waals surface area (Å²) in [7, 11) is 1.91. The van der Waals surface area contributed by atoms with Crippen LogP contribution < -0.4 is 5.32 Å². The van der Waals surface area contributed by atoms with Gasteiger partial charge in [-0.2, -0.15) is 11.8 Å². The number of hydrogen-bond donors (Lipinski definition) is 1. The monoisotopic (exact) mass is 257 g/mol. The molecule has 0 spiro atoms. The summed E-state index contributed by atoms with van der Waals surface area (Å²) in [5, 5.41) is 3.26. The van der Waals surface area contributed by atoms with Gasteiger partial charge in [0.15, 0.2) is 0 Å². The van der Waals surface area contributed by atoms with Gasteiger partial charge in [-0.05, 0) is 48.9 Å². The third-order valence-electron chi connectivity index (χ3n) is 3.36. The van der Waals surface area contributed by atoms with Gasteiger partial charge in [0.25, 0.3) is 0 Å². The van der Waals surface area contributed by atoms with Gasteiger partial charge in [0.05, 0.1) is 0 Å². The maximum absolute atomic E-state index is 13.6. The molecule has 1 heterocycles. The molecule has 94 valence electrons. The minimum Gasteiger partial charge on any atom is -0.316 e. The average Bonchev–Trinajstić information content (AvgIpc) is 2.81. The lowest BCUT2D eigenvalue weighted by atomic mass is 9.93. The van der Waals surface area contributed by atoms with Gasteiger partial charge in [0.1, 0.15) is 11.6 Å². The van der Waals surface area contributed by atoms with Crippen molar-refractivity contribution in [2.24, 2.45) is 5.92 Å². The molecule has 0 saturated carbocycles. The first-order valence-electron chi connectivity index (χ1n) is 5.89. The van der Waals surface area contributed by atoms with Crippen molar-refractivity contribution in [3.63, 3.8) is 0 Å². The van der Waals surface area contributed by atoms with Crippen LogP contribution in [0.2, 0.25) is 0 Å². The largest absolute Gasteiger partial charge is 0.316 e. The van der Waals surface area contributed by atoms with E-state index >= 15 is 0 Å². The molecule has 1 fully saturated rings. The van der Waals surface area contributed by atoms with Crippen molar-refractivity contribution in [1.82, 2.24) is 5.32 Å². The average molecular weight is 257 g/mol. The molecule has 2 atom stereocenters. The van der Waals surface area contributed by atoms with Gasteiger partial charge >= 0.3 is 0 Å². The fourth-order valence-corrected chi connectivity index (χ4v) is 3.64. The van der Waals surface area contributed by atoms with Crippen LogP contribution in [-0.4, -0.2) is 24.6 Å². The molecule has 4 heteroatoms. The molecular weight excluding hydrogens is 240 g/mol. The molecule has 1 N–H and O–H groups in total. The Bertz CT molecular complexity index is 378. The maximum atomic E-state index is 13.6. The Morgan fingerprint density at radius 2 is 2.29 bits per heavy atom. The van der Waals surface area contributed by atoms with E-state index in [0.29, 0.717) is 17.9 Å². The zero-order chi connectivity index (χ0) is 12.3. The zero-order valence-corrected chi connectivity index (χ0v) is 10.7. The summed E-state index contributed by atoms with van der Waals surface area (Å²) in [5.41, 5.74) is 0.600. The smallest absolute Gasteiger partial charge is 0.129 e. The van der Waals surface area contributed by atoms with Crippen LogP contribution in [0.25, 0.3) is 0 Å². The Morgan fingerprint density at radius 3 is 2.88 bits per heavy atom. The van der Waals surface area contributed by atoms with Crippen LogP contribution in [0.5, 0.6) is 0 Å². The number of likely N-dealkylation sites (N-methyl/N-ethyl adjacent to an activating group) is 1. The van der Waals surface area contributed by atoms with E-state index in [2.05, 4.69) is 5.32 Å². The summed E-state index contributed by atoms with van der Waals surface area (Å²) in [6.07, 6.45) is 1.81. The Hall–Kier alpha value is -0.610. The third kappa shape index (κ3) is 3.19. The van der Waals surface area contributed by atoms with Crippen LogP contribution in [0, 0.1) is 17.6 Å². The molecule has 1 aliphatic rings. The topological polar surface area (TPSA) is 12.0 Å². The molecule has 1 nitrogen and oxygen atoms in total. The van der Waals surface area contributed by atoms with Gasteiger partial charge in [-0.15, -0.1) is 0 Å².